The molecule has 0 amide bonds. The molecule has 2 aromatic rings. The zero-order valence-electron chi connectivity index (χ0n) is 12.3. The van der Waals surface area contributed by atoms with Gasteiger partial charge in [0.15, 0.2) is 0 Å². The number of methoxy groups -OCH3 is 1. The van der Waals surface area contributed by atoms with Crippen molar-refractivity contribution < 1.29 is 4.74 Å². The van der Waals surface area contributed by atoms with Gasteiger partial charge < -0.3 is 9.72 Å². The van der Waals surface area contributed by atoms with Crippen molar-refractivity contribution in [1.29, 1.82) is 5.26 Å². The van der Waals surface area contributed by atoms with E-state index in [2.05, 4.69) is 22.1 Å². The molecule has 1 heterocycles. The molecular formula is C16H19N3O. The van der Waals surface area contributed by atoms with Crippen molar-refractivity contribution in [3.8, 4) is 23.1 Å². The molecule has 2 rings (SSSR count). The Morgan fingerprint density at radius 3 is 2.70 bits per heavy atom. The highest BCUT2D eigenvalue weighted by Crippen LogP contribution is 2.28. The standard InChI is InChI=1S/C16H19N3O/c1-5-12(9-17)16-18-11(3)15(19-16)13-6-7-14(20-4)10(2)8-13/h6-8,12H,5H2,1-4H3,(H,18,19). The second-order valence-corrected chi connectivity index (χ2v) is 4.87. The number of nitrogens with zero attached hydrogens (tertiary/aromatic N) is 2. The maximum absolute atomic E-state index is 9.14. The number of imidazole rings is 1. The molecule has 1 aromatic carbocycles. The van der Waals surface area contributed by atoms with Crippen molar-refractivity contribution in [3.05, 3.63) is 35.3 Å². The van der Waals surface area contributed by atoms with Crippen molar-refractivity contribution in [2.75, 3.05) is 7.11 Å². The molecule has 0 aliphatic rings. The highest BCUT2D eigenvalue weighted by molar-refractivity contribution is 5.64. The van der Waals surface area contributed by atoms with E-state index >= 15 is 0 Å². The molecule has 0 spiro atoms. The Hall–Kier alpha value is -2.28. The van der Waals surface area contributed by atoms with Crippen molar-refractivity contribution in [1.82, 2.24) is 9.97 Å². The molecule has 0 aliphatic heterocycles. The average Bonchev–Trinajstić information content (AvgIpc) is 2.82. The third-order valence-corrected chi connectivity index (χ3v) is 3.47. The maximum Gasteiger partial charge on any atom is 0.124 e. The highest BCUT2D eigenvalue weighted by Gasteiger charge is 2.16. The number of aromatic nitrogens is 2. The monoisotopic (exact) mass is 269 g/mol. The summed E-state index contributed by atoms with van der Waals surface area (Å²) in [7, 11) is 1.67. The normalized spacial score (nSPS) is 11.9. The minimum absolute atomic E-state index is 0.179. The number of H-pyrrole nitrogens is 1. The van der Waals surface area contributed by atoms with Crippen LogP contribution in [0.15, 0.2) is 18.2 Å². The van der Waals surface area contributed by atoms with Crippen molar-refractivity contribution in [3.63, 3.8) is 0 Å². The summed E-state index contributed by atoms with van der Waals surface area (Å²) in [5, 5.41) is 9.14. The lowest BCUT2D eigenvalue weighted by Crippen LogP contribution is -1.96. The number of rotatable bonds is 4. The van der Waals surface area contributed by atoms with Gasteiger partial charge in [-0.25, -0.2) is 4.98 Å². The molecule has 0 saturated carbocycles. The number of hydrogen-bond acceptors (Lipinski definition) is 3. The van der Waals surface area contributed by atoms with Gasteiger partial charge in [-0.05, 0) is 44.0 Å². The van der Waals surface area contributed by atoms with Crippen LogP contribution in [0, 0.1) is 25.2 Å². The van der Waals surface area contributed by atoms with Crippen LogP contribution in [0.1, 0.15) is 36.3 Å². The largest absolute Gasteiger partial charge is 0.496 e. The highest BCUT2D eigenvalue weighted by atomic mass is 16.5. The molecule has 1 N–H and O–H groups in total. The van der Waals surface area contributed by atoms with Crippen molar-refractivity contribution in [2.45, 2.75) is 33.1 Å². The smallest absolute Gasteiger partial charge is 0.124 e. The third-order valence-electron chi connectivity index (χ3n) is 3.47. The Morgan fingerprint density at radius 2 is 2.15 bits per heavy atom. The first-order valence-electron chi connectivity index (χ1n) is 6.71. The first kappa shape index (κ1) is 14.1. The van der Waals surface area contributed by atoms with Crippen LogP contribution in [-0.2, 0) is 0 Å². The summed E-state index contributed by atoms with van der Waals surface area (Å²) in [6, 6.07) is 8.27. The summed E-state index contributed by atoms with van der Waals surface area (Å²) >= 11 is 0. The first-order valence-corrected chi connectivity index (χ1v) is 6.71. The van der Waals surface area contributed by atoms with Crippen LogP contribution in [0.25, 0.3) is 11.3 Å². The molecule has 0 saturated heterocycles. The van der Waals surface area contributed by atoms with E-state index in [1.54, 1.807) is 7.11 Å². The Kier molecular flexibility index (Phi) is 4.09. The lowest BCUT2D eigenvalue weighted by atomic mass is 10.1. The van der Waals surface area contributed by atoms with Gasteiger partial charge in [-0.3, -0.25) is 0 Å². The zero-order chi connectivity index (χ0) is 14.7. The number of aromatic amines is 1. The lowest BCUT2D eigenvalue weighted by molar-refractivity contribution is 0.412. The van der Waals surface area contributed by atoms with E-state index < -0.39 is 0 Å². The van der Waals surface area contributed by atoms with Gasteiger partial charge >= 0.3 is 0 Å². The van der Waals surface area contributed by atoms with Crippen molar-refractivity contribution in [2.24, 2.45) is 0 Å². The van der Waals surface area contributed by atoms with Gasteiger partial charge in [0.2, 0.25) is 0 Å². The molecule has 0 radical (unpaired) electrons. The van der Waals surface area contributed by atoms with E-state index in [0.29, 0.717) is 0 Å². The van der Waals surface area contributed by atoms with Crippen LogP contribution in [0.5, 0.6) is 5.75 Å². The van der Waals surface area contributed by atoms with Crippen LogP contribution in [-0.4, -0.2) is 17.1 Å². The quantitative estimate of drug-likeness (QED) is 0.920. The predicted octanol–water partition coefficient (Wildman–Crippen LogP) is 3.72. The molecule has 4 nitrogen and oxygen atoms in total. The summed E-state index contributed by atoms with van der Waals surface area (Å²) in [6.45, 7) is 5.98. The molecule has 0 fully saturated rings. The Balaban J connectivity index is 2.43. The van der Waals surface area contributed by atoms with Crippen LogP contribution in [0.2, 0.25) is 0 Å². The van der Waals surface area contributed by atoms with Gasteiger partial charge in [0, 0.05) is 11.3 Å². The topological polar surface area (TPSA) is 61.7 Å². The van der Waals surface area contributed by atoms with Crippen LogP contribution >= 0.6 is 0 Å². The van der Waals surface area contributed by atoms with E-state index in [-0.39, 0.29) is 5.92 Å². The Bertz CT molecular complexity index is 652. The number of nitrogens with one attached hydrogen (secondary N) is 1. The van der Waals surface area contributed by atoms with Gasteiger partial charge in [0.25, 0.3) is 0 Å². The lowest BCUT2D eigenvalue weighted by Gasteiger charge is -2.06. The first-order chi connectivity index (χ1) is 9.60. The van der Waals surface area contributed by atoms with E-state index in [1.807, 2.05) is 32.9 Å². The molecule has 104 valence electrons. The van der Waals surface area contributed by atoms with E-state index in [9.17, 15) is 0 Å². The zero-order valence-corrected chi connectivity index (χ0v) is 12.3. The predicted molar refractivity (Wildman–Crippen MR) is 78.7 cm³/mol. The fraction of sp³-hybridized carbons (Fsp3) is 0.375. The SMILES string of the molecule is CCC(C#N)c1nc(-c2ccc(OC)c(C)c2)c(C)[nH]1. The van der Waals surface area contributed by atoms with Crippen molar-refractivity contribution >= 4 is 0 Å². The third kappa shape index (κ3) is 2.53. The van der Waals surface area contributed by atoms with Gasteiger partial charge in [0.1, 0.15) is 17.5 Å². The van der Waals surface area contributed by atoms with Crippen LogP contribution in [0.4, 0.5) is 0 Å². The number of nitriles is 1. The maximum atomic E-state index is 9.14. The summed E-state index contributed by atoms with van der Waals surface area (Å²) in [4.78, 5) is 7.83. The molecule has 4 heteroatoms. The van der Waals surface area contributed by atoms with Crippen LogP contribution < -0.4 is 4.74 Å². The van der Waals surface area contributed by atoms with Gasteiger partial charge in [-0.15, -0.1) is 0 Å². The summed E-state index contributed by atoms with van der Waals surface area (Å²) in [5.41, 5.74) is 4.00. The number of hydrogen-bond donors (Lipinski definition) is 1. The fourth-order valence-electron chi connectivity index (χ4n) is 2.30. The number of aryl methyl sites for hydroxylation is 2. The van der Waals surface area contributed by atoms with E-state index in [0.717, 1.165) is 40.5 Å². The summed E-state index contributed by atoms with van der Waals surface area (Å²) < 4.78 is 5.27. The van der Waals surface area contributed by atoms with Gasteiger partial charge in [-0.1, -0.05) is 6.92 Å². The second-order valence-electron chi connectivity index (χ2n) is 4.87. The molecule has 1 atom stereocenters. The number of benzene rings is 1. The molecule has 20 heavy (non-hydrogen) atoms. The van der Waals surface area contributed by atoms with E-state index in [4.69, 9.17) is 10.00 Å². The van der Waals surface area contributed by atoms with Gasteiger partial charge in [0.05, 0.1) is 18.9 Å². The average molecular weight is 269 g/mol. The number of ether oxygens (including phenoxy) is 1. The van der Waals surface area contributed by atoms with Gasteiger partial charge in [-0.2, -0.15) is 5.26 Å². The molecule has 1 unspecified atom stereocenters. The fourth-order valence-corrected chi connectivity index (χ4v) is 2.30. The second kappa shape index (κ2) is 5.79. The summed E-state index contributed by atoms with van der Waals surface area (Å²) in [6.07, 6.45) is 0.754. The molecular weight excluding hydrogens is 250 g/mol. The molecule has 0 bridgehead atoms. The Morgan fingerprint density at radius 1 is 1.40 bits per heavy atom. The summed E-state index contributed by atoms with van der Waals surface area (Å²) in [5.74, 6) is 1.43. The minimum Gasteiger partial charge on any atom is -0.496 e. The van der Waals surface area contributed by atoms with E-state index in [1.165, 1.54) is 0 Å². The van der Waals surface area contributed by atoms with Crippen LogP contribution in [0.3, 0.4) is 0 Å². The minimum atomic E-state index is -0.179. The molecule has 1 aromatic heterocycles. The Labute approximate surface area is 119 Å². The molecule has 0 aliphatic carbocycles.